The van der Waals surface area contributed by atoms with E-state index in [-0.39, 0.29) is 23.4 Å². The normalized spacial score (nSPS) is 17.0. The topological polar surface area (TPSA) is 95.8 Å². The van der Waals surface area contributed by atoms with Crippen LogP contribution in [0.4, 0.5) is 21.7 Å². The molecule has 0 bridgehead atoms. The minimum Gasteiger partial charge on any atom is -0.448 e. The number of likely N-dealkylation sites (N-methyl/N-ethyl adjacent to an activating group) is 2. The minimum absolute atomic E-state index is 0.0850. The van der Waals surface area contributed by atoms with E-state index in [4.69, 9.17) is 9.72 Å². The van der Waals surface area contributed by atoms with Crippen LogP contribution in [-0.2, 0) is 6.42 Å². The van der Waals surface area contributed by atoms with Crippen LogP contribution in [0.25, 0.3) is 11.0 Å². The second kappa shape index (κ2) is 11.7. The standard InChI is InChI=1S/C34H32FN7O3/c1-39-15-17-41(18-16-39)25-13-11-24(12-14-25)37-34-36-21-23-19-29(45-28-10-6-5-9-27(28)35)33(44)42(31(23)38-34)30-20-22-7-3-4-8-26(22)32(43)40(30)2/h3-14,19,21,30H,15-18,20H2,1-2H3,(H,36,37,38). The highest BCUT2D eigenvalue weighted by atomic mass is 19.1. The van der Waals surface area contributed by atoms with Gasteiger partial charge in [-0.3, -0.25) is 14.2 Å². The lowest BCUT2D eigenvalue weighted by Crippen LogP contribution is -2.44. The lowest BCUT2D eigenvalue weighted by molar-refractivity contribution is 0.0628. The Morgan fingerprint density at radius 1 is 0.889 bits per heavy atom. The van der Waals surface area contributed by atoms with Crippen LogP contribution in [-0.4, -0.2) is 70.5 Å². The minimum atomic E-state index is -0.711. The van der Waals surface area contributed by atoms with Gasteiger partial charge in [-0.05, 0) is 61.1 Å². The molecule has 45 heavy (non-hydrogen) atoms. The van der Waals surface area contributed by atoms with Gasteiger partial charge < -0.3 is 24.8 Å². The average molecular weight is 606 g/mol. The summed E-state index contributed by atoms with van der Waals surface area (Å²) in [6, 6.07) is 22.8. The van der Waals surface area contributed by atoms with Gasteiger partial charge in [-0.2, -0.15) is 4.98 Å². The Morgan fingerprint density at radius 3 is 2.40 bits per heavy atom. The average Bonchev–Trinajstić information content (AvgIpc) is 3.05. The molecule has 0 saturated carbocycles. The predicted molar refractivity (Wildman–Crippen MR) is 171 cm³/mol. The Kier molecular flexibility index (Phi) is 7.38. The van der Waals surface area contributed by atoms with Gasteiger partial charge in [-0.1, -0.05) is 30.3 Å². The summed E-state index contributed by atoms with van der Waals surface area (Å²) in [5, 5.41) is 3.75. The van der Waals surface area contributed by atoms with Crippen LogP contribution in [0.2, 0.25) is 0 Å². The van der Waals surface area contributed by atoms with Gasteiger partial charge in [0.05, 0.1) is 0 Å². The number of fused-ring (bicyclic) bond motifs is 2. The third-order valence-corrected chi connectivity index (χ3v) is 8.50. The maximum atomic E-state index is 14.5. The van der Waals surface area contributed by atoms with Crippen molar-refractivity contribution >= 4 is 34.3 Å². The molecule has 1 N–H and O–H groups in total. The lowest BCUT2D eigenvalue weighted by atomic mass is 9.97. The summed E-state index contributed by atoms with van der Waals surface area (Å²) in [7, 11) is 3.79. The first kappa shape index (κ1) is 28.5. The van der Waals surface area contributed by atoms with Crippen LogP contribution in [0.5, 0.6) is 11.5 Å². The summed E-state index contributed by atoms with van der Waals surface area (Å²) in [6.45, 7) is 3.99. The Labute approximate surface area is 259 Å². The number of nitrogens with zero attached hydrogens (tertiary/aromatic N) is 6. The molecule has 0 aliphatic carbocycles. The van der Waals surface area contributed by atoms with E-state index in [0.717, 1.165) is 43.1 Å². The maximum Gasteiger partial charge on any atom is 0.296 e. The van der Waals surface area contributed by atoms with Crippen LogP contribution in [0, 0.1) is 5.82 Å². The maximum absolute atomic E-state index is 14.5. The number of hydrogen-bond acceptors (Lipinski definition) is 8. The molecular formula is C34H32FN7O3. The molecule has 1 saturated heterocycles. The zero-order chi connectivity index (χ0) is 31.1. The number of aromatic nitrogens is 3. The molecule has 3 aromatic carbocycles. The number of halogens is 1. The Morgan fingerprint density at radius 2 is 1.62 bits per heavy atom. The van der Waals surface area contributed by atoms with Crippen molar-refractivity contribution in [1.29, 1.82) is 0 Å². The van der Waals surface area contributed by atoms with E-state index >= 15 is 0 Å². The first-order valence-electron chi connectivity index (χ1n) is 14.9. The zero-order valence-corrected chi connectivity index (χ0v) is 25.0. The number of amides is 1. The molecule has 2 aromatic heterocycles. The Balaban J connectivity index is 1.28. The largest absolute Gasteiger partial charge is 0.448 e. The second-order valence-corrected chi connectivity index (χ2v) is 11.4. The zero-order valence-electron chi connectivity index (χ0n) is 25.0. The van der Waals surface area contributed by atoms with Gasteiger partial charge in [0.25, 0.3) is 11.5 Å². The molecule has 0 radical (unpaired) electrons. The number of nitrogens with one attached hydrogen (secondary N) is 1. The van der Waals surface area contributed by atoms with Crippen molar-refractivity contribution in [3.63, 3.8) is 0 Å². The van der Waals surface area contributed by atoms with E-state index < -0.39 is 17.5 Å². The Hall–Kier alpha value is -5.29. The summed E-state index contributed by atoms with van der Waals surface area (Å²) in [5.41, 5.74) is 3.12. The van der Waals surface area contributed by atoms with Gasteiger partial charge in [-0.25, -0.2) is 9.37 Å². The number of pyridine rings is 1. The third-order valence-electron chi connectivity index (χ3n) is 8.50. The van der Waals surface area contributed by atoms with Gasteiger partial charge in [0, 0.05) is 68.2 Å². The van der Waals surface area contributed by atoms with Gasteiger partial charge in [0.2, 0.25) is 5.95 Å². The molecule has 10 nitrogen and oxygen atoms in total. The van der Waals surface area contributed by atoms with Crippen molar-refractivity contribution in [2.24, 2.45) is 0 Å². The summed E-state index contributed by atoms with van der Waals surface area (Å²) >= 11 is 0. The number of para-hydroxylation sites is 1. The predicted octanol–water partition coefficient (Wildman–Crippen LogP) is 5.05. The molecule has 2 aliphatic rings. The number of rotatable bonds is 6. The van der Waals surface area contributed by atoms with Gasteiger partial charge in [-0.15, -0.1) is 0 Å². The quantitative estimate of drug-likeness (QED) is 0.288. The monoisotopic (exact) mass is 605 g/mol. The molecule has 1 atom stereocenters. The molecule has 0 spiro atoms. The SMILES string of the molecule is CN1CCN(c2ccc(Nc3ncc4cc(Oc5ccccc5F)c(=O)n(C5Cc6ccccc6C(=O)N5C)c4n3)cc2)CC1. The lowest BCUT2D eigenvalue weighted by Gasteiger charge is -2.35. The molecule has 7 rings (SSSR count). The summed E-state index contributed by atoms with van der Waals surface area (Å²) < 4.78 is 21.8. The molecule has 228 valence electrons. The van der Waals surface area contributed by atoms with Crippen molar-refractivity contribution in [2.45, 2.75) is 12.6 Å². The van der Waals surface area contributed by atoms with Gasteiger partial charge >= 0.3 is 0 Å². The number of ether oxygens (including phenoxy) is 1. The number of piperazine rings is 1. The fourth-order valence-corrected chi connectivity index (χ4v) is 5.93. The summed E-state index contributed by atoms with van der Waals surface area (Å²) in [4.78, 5) is 43.0. The van der Waals surface area contributed by atoms with E-state index in [0.29, 0.717) is 23.0 Å². The smallest absolute Gasteiger partial charge is 0.296 e. The molecule has 1 fully saturated rings. The van der Waals surface area contributed by atoms with Crippen molar-refractivity contribution in [1.82, 2.24) is 24.3 Å². The summed E-state index contributed by atoms with van der Waals surface area (Å²) in [6.07, 6.45) is 1.25. The van der Waals surface area contributed by atoms with Crippen molar-refractivity contribution < 1.29 is 13.9 Å². The van der Waals surface area contributed by atoms with Crippen molar-refractivity contribution in [3.05, 3.63) is 112 Å². The van der Waals surface area contributed by atoms with E-state index in [1.165, 1.54) is 27.7 Å². The van der Waals surface area contributed by atoms with E-state index in [1.54, 1.807) is 31.4 Å². The summed E-state index contributed by atoms with van der Waals surface area (Å²) in [5.74, 6) is -0.711. The van der Waals surface area contributed by atoms with Crippen molar-refractivity contribution in [3.8, 4) is 11.5 Å². The van der Waals surface area contributed by atoms with Crippen molar-refractivity contribution in [2.75, 3.05) is 50.5 Å². The number of anilines is 3. The van der Waals surface area contributed by atoms with Crippen LogP contribution in [0.1, 0.15) is 22.1 Å². The molecular weight excluding hydrogens is 573 g/mol. The number of carbonyl (C=O) groups excluding carboxylic acids is 1. The highest BCUT2D eigenvalue weighted by Gasteiger charge is 2.33. The first-order valence-corrected chi connectivity index (χ1v) is 14.9. The highest BCUT2D eigenvalue weighted by molar-refractivity contribution is 5.96. The molecule has 5 aromatic rings. The molecule has 11 heteroatoms. The molecule has 2 aliphatic heterocycles. The highest BCUT2D eigenvalue weighted by Crippen LogP contribution is 2.32. The molecule has 4 heterocycles. The Bertz CT molecular complexity index is 1950. The fourth-order valence-electron chi connectivity index (χ4n) is 5.93. The third kappa shape index (κ3) is 5.46. The van der Waals surface area contributed by atoms with E-state index in [2.05, 4.69) is 39.3 Å². The van der Waals surface area contributed by atoms with Crippen LogP contribution < -0.4 is 20.5 Å². The molecule has 1 amide bonds. The van der Waals surface area contributed by atoms with Gasteiger partial charge in [0.15, 0.2) is 17.3 Å². The second-order valence-electron chi connectivity index (χ2n) is 11.4. The van der Waals surface area contributed by atoms with E-state index in [1.807, 2.05) is 30.3 Å². The number of hydrogen-bond donors (Lipinski definition) is 1. The van der Waals surface area contributed by atoms with Crippen LogP contribution in [0.15, 0.2) is 89.9 Å². The molecule has 1 unspecified atom stereocenters. The van der Waals surface area contributed by atoms with E-state index in [9.17, 15) is 14.0 Å². The number of carbonyl (C=O) groups is 1. The fraction of sp³-hybridized carbons (Fsp3) is 0.235. The van der Waals surface area contributed by atoms with Gasteiger partial charge in [0.1, 0.15) is 11.8 Å². The number of benzene rings is 3. The first-order chi connectivity index (χ1) is 21.9. The van der Waals surface area contributed by atoms with Crippen LogP contribution >= 0.6 is 0 Å². The van der Waals surface area contributed by atoms with Crippen LogP contribution in [0.3, 0.4) is 0 Å².